The molecule has 41 heavy (non-hydrogen) atoms. The van der Waals surface area contributed by atoms with Gasteiger partial charge >= 0.3 is 6.18 Å². The molecule has 0 spiro atoms. The summed E-state index contributed by atoms with van der Waals surface area (Å²) in [5.74, 6) is -1.07. The molecule has 3 unspecified atom stereocenters. The Balaban J connectivity index is 2.00. The summed E-state index contributed by atoms with van der Waals surface area (Å²) >= 11 is 0. The third kappa shape index (κ3) is 9.22. The molecule has 12 heteroatoms. The molecule has 2 amide bonds. The maximum atomic E-state index is 14.0. The summed E-state index contributed by atoms with van der Waals surface area (Å²) < 4.78 is 39.6. The number of nitrogens with two attached hydrogens (primary N) is 3. The number of rotatable bonds is 15. The number of amides is 2. The number of hydrogen-bond donors (Lipinski definition) is 5. The number of carbonyl (C=O) groups is 2. The third-order valence-electron chi connectivity index (χ3n) is 7.05. The van der Waals surface area contributed by atoms with Crippen molar-refractivity contribution in [3.63, 3.8) is 0 Å². The second-order valence-corrected chi connectivity index (χ2v) is 10.3. The van der Waals surface area contributed by atoms with E-state index in [0.29, 0.717) is 56.7 Å². The molecule has 1 aromatic heterocycles. The van der Waals surface area contributed by atoms with Crippen molar-refractivity contribution in [1.82, 2.24) is 15.2 Å². The zero-order chi connectivity index (χ0) is 30.0. The van der Waals surface area contributed by atoms with Crippen molar-refractivity contribution in [3.8, 4) is 0 Å². The molecule has 0 aliphatic rings. The maximum Gasteiger partial charge on any atom is 0.416 e. The summed E-state index contributed by atoms with van der Waals surface area (Å²) in [7, 11) is 0. The Morgan fingerprint density at radius 3 is 2.34 bits per heavy atom. The number of pyridine rings is 1. The van der Waals surface area contributed by atoms with E-state index in [1.54, 1.807) is 13.1 Å². The van der Waals surface area contributed by atoms with E-state index in [-0.39, 0.29) is 12.3 Å². The van der Waals surface area contributed by atoms with E-state index in [1.807, 2.05) is 35.2 Å². The first-order valence-corrected chi connectivity index (χ1v) is 13.4. The summed E-state index contributed by atoms with van der Waals surface area (Å²) in [4.78, 5) is 31.5. The van der Waals surface area contributed by atoms with E-state index >= 15 is 0 Å². The Hall–Kier alpha value is -3.58. The smallest absolute Gasteiger partial charge is 0.341 e. The highest BCUT2D eigenvalue weighted by molar-refractivity contribution is 5.95. The fourth-order valence-electron chi connectivity index (χ4n) is 4.93. The molecule has 0 fully saturated rings. The van der Waals surface area contributed by atoms with Crippen molar-refractivity contribution in [2.75, 3.05) is 31.5 Å². The van der Waals surface area contributed by atoms with Gasteiger partial charge in [-0.25, -0.2) is 0 Å². The highest BCUT2D eigenvalue weighted by Gasteiger charge is 2.35. The lowest BCUT2D eigenvalue weighted by Gasteiger charge is -2.38. The predicted octanol–water partition coefficient (Wildman–Crippen LogP) is 2.84. The SMILES string of the molecule is CC(N)(CCC(C(Cc1ccc(C(F)(F)F)cc1)C(=O)Nc1cnc2ccccc2c1)N(CCN)CCN)NC=O. The van der Waals surface area contributed by atoms with Crippen LogP contribution in [-0.4, -0.2) is 60.1 Å². The Kier molecular flexibility index (Phi) is 11.2. The van der Waals surface area contributed by atoms with Crippen LogP contribution < -0.4 is 27.8 Å². The van der Waals surface area contributed by atoms with Gasteiger partial charge in [-0.05, 0) is 56.0 Å². The second-order valence-electron chi connectivity index (χ2n) is 10.3. The van der Waals surface area contributed by atoms with E-state index in [4.69, 9.17) is 17.2 Å². The van der Waals surface area contributed by atoms with Crippen molar-refractivity contribution in [1.29, 1.82) is 0 Å². The van der Waals surface area contributed by atoms with Gasteiger partial charge in [0, 0.05) is 37.6 Å². The van der Waals surface area contributed by atoms with Gasteiger partial charge in [-0.1, -0.05) is 30.3 Å². The fraction of sp³-hybridized carbons (Fsp3) is 0.414. The summed E-state index contributed by atoms with van der Waals surface area (Å²) in [5.41, 5.74) is 18.1. The van der Waals surface area contributed by atoms with E-state index in [1.165, 1.54) is 12.1 Å². The fourth-order valence-corrected chi connectivity index (χ4v) is 4.93. The molecule has 9 nitrogen and oxygen atoms in total. The molecule has 3 rings (SSSR count). The van der Waals surface area contributed by atoms with Crippen LogP contribution >= 0.6 is 0 Å². The van der Waals surface area contributed by atoms with Crippen molar-refractivity contribution < 1.29 is 22.8 Å². The number of para-hydroxylation sites is 1. The number of carbonyl (C=O) groups excluding carboxylic acids is 2. The van der Waals surface area contributed by atoms with Crippen molar-refractivity contribution in [3.05, 3.63) is 71.9 Å². The zero-order valence-corrected chi connectivity index (χ0v) is 23.0. The van der Waals surface area contributed by atoms with E-state index in [9.17, 15) is 22.8 Å². The van der Waals surface area contributed by atoms with Crippen LogP contribution in [-0.2, 0) is 22.2 Å². The summed E-state index contributed by atoms with van der Waals surface area (Å²) in [6, 6.07) is 13.6. The number of hydrogen-bond acceptors (Lipinski definition) is 7. The predicted molar refractivity (Wildman–Crippen MR) is 154 cm³/mol. The lowest BCUT2D eigenvalue weighted by Crippen LogP contribution is -2.54. The van der Waals surface area contributed by atoms with Crippen LogP contribution in [0.1, 0.15) is 30.9 Å². The Morgan fingerprint density at radius 1 is 1.07 bits per heavy atom. The minimum atomic E-state index is -4.48. The number of halogens is 3. The molecule has 0 saturated carbocycles. The molecule has 3 aromatic rings. The number of aromatic nitrogens is 1. The van der Waals surface area contributed by atoms with Crippen LogP contribution in [0.4, 0.5) is 18.9 Å². The molecule has 0 aliphatic carbocycles. The number of fused-ring (bicyclic) bond motifs is 1. The molecule has 2 aromatic carbocycles. The van der Waals surface area contributed by atoms with Gasteiger partial charge in [-0.2, -0.15) is 13.2 Å². The molecule has 8 N–H and O–H groups in total. The van der Waals surface area contributed by atoms with Crippen LogP contribution in [0.3, 0.4) is 0 Å². The van der Waals surface area contributed by atoms with E-state index in [2.05, 4.69) is 15.6 Å². The number of nitrogens with one attached hydrogen (secondary N) is 2. The first kappa shape index (κ1) is 31.9. The minimum absolute atomic E-state index is 0.143. The normalized spacial score (nSPS) is 14.8. The lowest BCUT2D eigenvalue weighted by atomic mass is 9.85. The molecule has 0 radical (unpaired) electrons. The van der Waals surface area contributed by atoms with Gasteiger partial charge in [-0.3, -0.25) is 19.5 Å². The van der Waals surface area contributed by atoms with E-state index in [0.717, 1.165) is 23.0 Å². The van der Waals surface area contributed by atoms with Crippen LogP contribution in [0.5, 0.6) is 0 Å². The molecule has 222 valence electrons. The minimum Gasteiger partial charge on any atom is -0.341 e. The van der Waals surface area contributed by atoms with Gasteiger partial charge in [0.25, 0.3) is 0 Å². The van der Waals surface area contributed by atoms with Crippen molar-refractivity contribution in [2.24, 2.45) is 23.1 Å². The summed E-state index contributed by atoms with van der Waals surface area (Å²) in [6.45, 7) is 3.12. The Morgan fingerprint density at radius 2 is 1.73 bits per heavy atom. The number of alkyl halides is 3. The quantitative estimate of drug-likeness (QED) is 0.138. The van der Waals surface area contributed by atoms with Crippen LogP contribution in [0, 0.1) is 5.92 Å². The number of anilines is 1. The van der Waals surface area contributed by atoms with Crippen molar-refractivity contribution >= 4 is 28.9 Å². The number of nitrogens with zero attached hydrogens (tertiary/aromatic N) is 2. The monoisotopic (exact) mass is 573 g/mol. The van der Waals surface area contributed by atoms with Crippen LogP contribution in [0.2, 0.25) is 0 Å². The van der Waals surface area contributed by atoms with Crippen LogP contribution in [0.25, 0.3) is 10.9 Å². The average Bonchev–Trinajstić information content (AvgIpc) is 2.92. The Labute approximate surface area is 237 Å². The average molecular weight is 574 g/mol. The topological polar surface area (TPSA) is 152 Å². The number of benzene rings is 2. The largest absolute Gasteiger partial charge is 0.416 e. The second kappa shape index (κ2) is 14.4. The van der Waals surface area contributed by atoms with Gasteiger partial charge < -0.3 is 27.8 Å². The van der Waals surface area contributed by atoms with Gasteiger partial charge in [0.2, 0.25) is 12.3 Å². The standard InChI is InChI=1S/C29H38F3N7O2/c1-28(35,37-19-40)11-10-26(39(14-12-33)15-13-34)24(16-20-6-8-22(9-7-20)29(30,31)32)27(41)38-23-17-21-4-2-3-5-25(21)36-18-23/h2-9,17-19,24,26H,10-16,33-35H2,1H3,(H,37,40)(H,38,41). The van der Waals surface area contributed by atoms with Gasteiger partial charge in [0.15, 0.2) is 0 Å². The maximum absolute atomic E-state index is 14.0. The highest BCUT2D eigenvalue weighted by atomic mass is 19.4. The van der Waals surface area contributed by atoms with Gasteiger partial charge in [0.05, 0.1) is 34.5 Å². The summed E-state index contributed by atoms with van der Waals surface area (Å²) in [6.07, 6.45) is -1.56. The molecule has 0 aliphatic heterocycles. The molecule has 0 saturated heterocycles. The van der Waals surface area contributed by atoms with Crippen LogP contribution in [0.15, 0.2) is 60.8 Å². The third-order valence-corrected chi connectivity index (χ3v) is 7.05. The molecular formula is C29H38F3N7O2. The van der Waals surface area contributed by atoms with Gasteiger partial charge in [0.1, 0.15) is 0 Å². The molecule has 3 atom stereocenters. The van der Waals surface area contributed by atoms with E-state index < -0.39 is 29.4 Å². The first-order chi connectivity index (χ1) is 19.5. The Bertz CT molecular complexity index is 1280. The van der Waals surface area contributed by atoms with Crippen molar-refractivity contribution in [2.45, 2.75) is 44.1 Å². The lowest BCUT2D eigenvalue weighted by molar-refractivity contribution is -0.137. The molecule has 0 bridgehead atoms. The summed E-state index contributed by atoms with van der Waals surface area (Å²) in [5, 5.41) is 6.39. The first-order valence-electron chi connectivity index (χ1n) is 13.4. The molecule has 1 heterocycles. The van der Waals surface area contributed by atoms with Gasteiger partial charge in [-0.15, -0.1) is 0 Å². The molecular weight excluding hydrogens is 535 g/mol. The highest BCUT2D eigenvalue weighted by Crippen LogP contribution is 2.31. The zero-order valence-electron chi connectivity index (χ0n) is 23.0.